The standard InChI is InChI=1S/C12H24N4O2/c1-8(15-12(14)18)11(17)16-10(7-13)9-5-3-2-4-6-9/h8-10H,2-7,13H2,1H3,(H,16,17)(H3,14,15,18). The van der Waals surface area contributed by atoms with E-state index in [1.807, 2.05) is 0 Å². The molecule has 0 aromatic carbocycles. The molecule has 3 amide bonds. The summed E-state index contributed by atoms with van der Waals surface area (Å²) >= 11 is 0. The lowest BCUT2D eigenvalue weighted by molar-refractivity contribution is -0.123. The molecule has 104 valence electrons. The zero-order chi connectivity index (χ0) is 13.5. The number of carbonyl (C=O) groups excluding carboxylic acids is 2. The lowest BCUT2D eigenvalue weighted by Gasteiger charge is -2.30. The minimum atomic E-state index is -0.695. The molecule has 2 unspecified atom stereocenters. The fourth-order valence-corrected chi connectivity index (χ4v) is 2.49. The molecule has 0 spiro atoms. The van der Waals surface area contributed by atoms with Crippen LogP contribution in [-0.2, 0) is 4.79 Å². The summed E-state index contributed by atoms with van der Waals surface area (Å²) in [4.78, 5) is 22.5. The van der Waals surface area contributed by atoms with Crippen LogP contribution >= 0.6 is 0 Å². The van der Waals surface area contributed by atoms with Crippen molar-refractivity contribution in [1.82, 2.24) is 10.6 Å². The van der Waals surface area contributed by atoms with Gasteiger partial charge in [0.1, 0.15) is 6.04 Å². The highest BCUT2D eigenvalue weighted by molar-refractivity contribution is 5.86. The summed E-state index contributed by atoms with van der Waals surface area (Å²) in [6.07, 6.45) is 5.89. The Bertz CT molecular complexity index is 290. The van der Waals surface area contributed by atoms with Gasteiger partial charge in [-0.15, -0.1) is 0 Å². The molecule has 18 heavy (non-hydrogen) atoms. The quantitative estimate of drug-likeness (QED) is 0.558. The lowest BCUT2D eigenvalue weighted by Crippen LogP contribution is -2.53. The second-order valence-electron chi connectivity index (χ2n) is 4.98. The molecule has 1 aliphatic rings. The topological polar surface area (TPSA) is 110 Å². The van der Waals surface area contributed by atoms with E-state index in [4.69, 9.17) is 11.5 Å². The van der Waals surface area contributed by atoms with Crippen LogP contribution in [0, 0.1) is 5.92 Å². The van der Waals surface area contributed by atoms with Crippen LogP contribution in [0.4, 0.5) is 4.79 Å². The second kappa shape index (κ2) is 7.20. The van der Waals surface area contributed by atoms with Crippen molar-refractivity contribution >= 4 is 11.9 Å². The van der Waals surface area contributed by atoms with Gasteiger partial charge < -0.3 is 22.1 Å². The van der Waals surface area contributed by atoms with Crippen LogP contribution in [0.5, 0.6) is 0 Å². The summed E-state index contributed by atoms with van der Waals surface area (Å²) in [5.74, 6) is 0.225. The first-order valence-corrected chi connectivity index (χ1v) is 6.61. The Labute approximate surface area is 108 Å². The predicted molar refractivity (Wildman–Crippen MR) is 69.7 cm³/mol. The number of amides is 3. The van der Waals surface area contributed by atoms with Crippen LogP contribution < -0.4 is 22.1 Å². The van der Waals surface area contributed by atoms with Gasteiger partial charge in [0.05, 0.1) is 0 Å². The van der Waals surface area contributed by atoms with E-state index in [2.05, 4.69) is 10.6 Å². The normalized spacial score (nSPS) is 19.9. The van der Waals surface area contributed by atoms with Crippen molar-refractivity contribution < 1.29 is 9.59 Å². The molecule has 1 saturated carbocycles. The molecule has 1 rings (SSSR count). The SMILES string of the molecule is CC(NC(N)=O)C(=O)NC(CN)C1CCCCC1. The molecule has 1 fully saturated rings. The maximum absolute atomic E-state index is 11.9. The van der Waals surface area contributed by atoms with Crippen molar-refractivity contribution in [3.05, 3.63) is 0 Å². The van der Waals surface area contributed by atoms with E-state index in [0.717, 1.165) is 12.8 Å². The van der Waals surface area contributed by atoms with E-state index in [-0.39, 0.29) is 11.9 Å². The third kappa shape index (κ3) is 4.52. The zero-order valence-corrected chi connectivity index (χ0v) is 10.9. The first-order chi connectivity index (χ1) is 8.54. The number of nitrogens with one attached hydrogen (secondary N) is 2. The predicted octanol–water partition coefficient (Wildman–Crippen LogP) is 0.0670. The minimum absolute atomic E-state index is 0.00470. The molecular formula is C12H24N4O2. The van der Waals surface area contributed by atoms with Gasteiger partial charge in [-0.25, -0.2) is 4.79 Å². The summed E-state index contributed by atoms with van der Waals surface area (Å²) < 4.78 is 0. The molecule has 6 heteroatoms. The summed E-state index contributed by atoms with van der Waals surface area (Å²) in [5.41, 5.74) is 10.7. The van der Waals surface area contributed by atoms with E-state index in [1.165, 1.54) is 19.3 Å². The fourth-order valence-electron chi connectivity index (χ4n) is 2.49. The monoisotopic (exact) mass is 256 g/mol. The van der Waals surface area contributed by atoms with Crippen molar-refractivity contribution in [2.75, 3.05) is 6.54 Å². The number of carbonyl (C=O) groups is 2. The molecule has 2 atom stereocenters. The van der Waals surface area contributed by atoms with Crippen molar-refractivity contribution in [3.8, 4) is 0 Å². The third-order valence-electron chi connectivity index (χ3n) is 3.55. The van der Waals surface area contributed by atoms with E-state index in [0.29, 0.717) is 12.5 Å². The molecule has 1 aliphatic carbocycles. The van der Waals surface area contributed by atoms with Gasteiger partial charge in [0, 0.05) is 12.6 Å². The van der Waals surface area contributed by atoms with Crippen molar-refractivity contribution in [2.24, 2.45) is 17.4 Å². The van der Waals surface area contributed by atoms with E-state index in [1.54, 1.807) is 6.92 Å². The highest BCUT2D eigenvalue weighted by Crippen LogP contribution is 2.26. The smallest absolute Gasteiger partial charge is 0.312 e. The fraction of sp³-hybridized carbons (Fsp3) is 0.833. The maximum atomic E-state index is 11.9. The Kier molecular flexibility index (Phi) is 5.91. The van der Waals surface area contributed by atoms with E-state index in [9.17, 15) is 9.59 Å². The highest BCUT2D eigenvalue weighted by Gasteiger charge is 2.25. The third-order valence-corrected chi connectivity index (χ3v) is 3.55. The average molecular weight is 256 g/mol. The second-order valence-corrected chi connectivity index (χ2v) is 4.98. The summed E-state index contributed by atoms with van der Waals surface area (Å²) in [6, 6.07) is -1.32. The number of hydrogen-bond acceptors (Lipinski definition) is 3. The van der Waals surface area contributed by atoms with Gasteiger partial charge in [-0.05, 0) is 25.7 Å². The van der Waals surface area contributed by atoms with Crippen molar-refractivity contribution in [1.29, 1.82) is 0 Å². The Morgan fingerprint density at radius 2 is 1.83 bits per heavy atom. The van der Waals surface area contributed by atoms with Gasteiger partial charge >= 0.3 is 6.03 Å². The zero-order valence-electron chi connectivity index (χ0n) is 10.9. The average Bonchev–Trinajstić information content (AvgIpc) is 2.35. The van der Waals surface area contributed by atoms with Crippen LogP contribution in [0.3, 0.4) is 0 Å². The van der Waals surface area contributed by atoms with Gasteiger partial charge in [-0.2, -0.15) is 0 Å². The molecule has 0 aliphatic heterocycles. The molecule has 0 aromatic rings. The Morgan fingerprint density at radius 3 is 2.33 bits per heavy atom. The van der Waals surface area contributed by atoms with E-state index < -0.39 is 12.1 Å². The lowest BCUT2D eigenvalue weighted by atomic mass is 9.84. The summed E-state index contributed by atoms with van der Waals surface area (Å²) in [6.45, 7) is 2.04. The van der Waals surface area contributed by atoms with Crippen LogP contribution in [0.25, 0.3) is 0 Å². The largest absolute Gasteiger partial charge is 0.352 e. The van der Waals surface area contributed by atoms with Crippen molar-refractivity contribution in [3.63, 3.8) is 0 Å². The van der Waals surface area contributed by atoms with Crippen LogP contribution in [0.2, 0.25) is 0 Å². The first kappa shape index (κ1) is 14.8. The Balaban J connectivity index is 2.46. The molecule has 0 aromatic heterocycles. The van der Waals surface area contributed by atoms with Gasteiger partial charge in [0.15, 0.2) is 0 Å². The van der Waals surface area contributed by atoms with Crippen molar-refractivity contribution in [2.45, 2.75) is 51.1 Å². The Morgan fingerprint density at radius 1 is 1.22 bits per heavy atom. The number of rotatable bonds is 5. The van der Waals surface area contributed by atoms with E-state index >= 15 is 0 Å². The van der Waals surface area contributed by atoms with Gasteiger partial charge in [0.2, 0.25) is 5.91 Å². The molecule has 6 N–H and O–H groups in total. The highest BCUT2D eigenvalue weighted by atomic mass is 16.2. The maximum Gasteiger partial charge on any atom is 0.312 e. The number of nitrogens with two attached hydrogens (primary N) is 2. The minimum Gasteiger partial charge on any atom is -0.352 e. The number of hydrogen-bond donors (Lipinski definition) is 4. The number of urea groups is 1. The van der Waals surface area contributed by atoms with Crippen LogP contribution in [0.15, 0.2) is 0 Å². The molecule has 0 bridgehead atoms. The Hall–Kier alpha value is -1.30. The molecular weight excluding hydrogens is 232 g/mol. The van der Waals surface area contributed by atoms with Gasteiger partial charge in [-0.3, -0.25) is 4.79 Å². The first-order valence-electron chi connectivity index (χ1n) is 6.61. The van der Waals surface area contributed by atoms with Gasteiger partial charge in [-0.1, -0.05) is 19.3 Å². The summed E-state index contributed by atoms with van der Waals surface area (Å²) in [7, 11) is 0. The molecule has 6 nitrogen and oxygen atoms in total. The summed E-state index contributed by atoms with van der Waals surface area (Å²) in [5, 5.41) is 5.27. The van der Waals surface area contributed by atoms with Crippen LogP contribution in [-0.4, -0.2) is 30.6 Å². The van der Waals surface area contributed by atoms with Gasteiger partial charge in [0.25, 0.3) is 0 Å². The molecule has 0 heterocycles. The number of primary amides is 1. The molecule has 0 saturated heterocycles. The van der Waals surface area contributed by atoms with Crippen LogP contribution in [0.1, 0.15) is 39.0 Å². The molecule has 0 radical (unpaired) electrons.